The average molecular weight is 392 g/mol. The molecule has 1 aromatic heterocycles. The molecule has 152 valence electrons. The lowest BCUT2D eigenvalue weighted by atomic mass is 9.89. The summed E-state index contributed by atoms with van der Waals surface area (Å²) in [6.45, 7) is 5.85. The molecule has 0 aliphatic carbocycles. The highest BCUT2D eigenvalue weighted by atomic mass is 16.5. The minimum Gasteiger partial charge on any atom is -0.493 e. The van der Waals surface area contributed by atoms with Crippen LogP contribution in [0.25, 0.3) is 23.1 Å². The fourth-order valence-electron chi connectivity index (χ4n) is 3.87. The molecule has 1 atom stereocenters. The van der Waals surface area contributed by atoms with Crippen LogP contribution in [0.1, 0.15) is 38.0 Å². The summed E-state index contributed by atoms with van der Waals surface area (Å²) in [6, 6.07) is 16.4. The Labute approximate surface area is 172 Å². The van der Waals surface area contributed by atoms with Gasteiger partial charge >= 0.3 is 0 Å². The summed E-state index contributed by atoms with van der Waals surface area (Å²) in [5.41, 5.74) is 3.06. The van der Waals surface area contributed by atoms with E-state index >= 15 is 0 Å². The van der Waals surface area contributed by atoms with Gasteiger partial charge in [0.15, 0.2) is 0 Å². The fraction of sp³-hybridized carbons (Fsp3) is 0.360. The van der Waals surface area contributed by atoms with Crippen molar-refractivity contribution in [3.63, 3.8) is 0 Å². The highest BCUT2D eigenvalue weighted by Crippen LogP contribution is 2.30. The second-order valence-electron chi connectivity index (χ2n) is 8.33. The minimum atomic E-state index is -0.0462. The van der Waals surface area contributed by atoms with Crippen LogP contribution in [0, 0.1) is 5.92 Å². The van der Waals surface area contributed by atoms with Gasteiger partial charge in [-0.2, -0.15) is 0 Å². The maximum Gasteiger partial charge on any atom is 0.135 e. The molecule has 29 heavy (non-hydrogen) atoms. The SMILES string of the molecule is CNc1ccc(/C=C/c2cc3cc(OCC4CCOC(C)(C)C4)ccc3o2)cc1. The Hall–Kier alpha value is -2.72. The maximum atomic E-state index is 6.09. The summed E-state index contributed by atoms with van der Waals surface area (Å²) in [4.78, 5) is 0. The summed E-state index contributed by atoms with van der Waals surface area (Å²) in [5.74, 6) is 2.26. The summed E-state index contributed by atoms with van der Waals surface area (Å²) in [6.07, 6.45) is 6.15. The van der Waals surface area contributed by atoms with Crippen molar-refractivity contribution >= 4 is 28.8 Å². The van der Waals surface area contributed by atoms with E-state index in [9.17, 15) is 0 Å². The Bertz CT molecular complexity index is 985. The summed E-state index contributed by atoms with van der Waals surface area (Å²) in [7, 11) is 1.92. The van der Waals surface area contributed by atoms with Crippen molar-refractivity contribution in [1.29, 1.82) is 0 Å². The third-order valence-electron chi connectivity index (χ3n) is 5.43. The van der Waals surface area contributed by atoms with Crippen LogP contribution in [0.3, 0.4) is 0 Å². The first kappa shape index (κ1) is 19.6. The Morgan fingerprint density at radius 1 is 1.10 bits per heavy atom. The highest BCUT2D eigenvalue weighted by Gasteiger charge is 2.29. The van der Waals surface area contributed by atoms with E-state index in [1.807, 2.05) is 25.3 Å². The zero-order valence-corrected chi connectivity index (χ0v) is 17.4. The van der Waals surface area contributed by atoms with Crippen LogP contribution >= 0.6 is 0 Å². The van der Waals surface area contributed by atoms with Crippen molar-refractivity contribution in [2.24, 2.45) is 5.92 Å². The Morgan fingerprint density at radius 3 is 2.69 bits per heavy atom. The molecule has 1 saturated heterocycles. The Balaban J connectivity index is 1.41. The van der Waals surface area contributed by atoms with Crippen LogP contribution in [0.2, 0.25) is 0 Å². The van der Waals surface area contributed by atoms with Crippen LogP contribution < -0.4 is 10.1 Å². The maximum absolute atomic E-state index is 6.09. The van der Waals surface area contributed by atoms with Crippen LogP contribution in [0.5, 0.6) is 5.75 Å². The van der Waals surface area contributed by atoms with Gasteiger partial charge in [0.05, 0.1) is 12.2 Å². The van der Waals surface area contributed by atoms with Crippen molar-refractivity contribution in [3.05, 3.63) is 59.9 Å². The largest absolute Gasteiger partial charge is 0.493 e. The van der Waals surface area contributed by atoms with Crippen molar-refractivity contribution in [2.45, 2.75) is 32.3 Å². The summed E-state index contributed by atoms with van der Waals surface area (Å²) >= 11 is 0. The van der Waals surface area contributed by atoms with Gasteiger partial charge < -0.3 is 19.2 Å². The lowest BCUT2D eigenvalue weighted by Gasteiger charge is -2.35. The van der Waals surface area contributed by atoms with Gasteiger partial charge in [-0.15, -0.1) is 0 Å². The van der Waals surface area contributed by atoms with E-state index in [-0.39, 0.29) is 5.60 Å². The monoisotopic (exact) mass is 391 g/mol. The van der Waals surface area contributed by atoms with E-state index in [2.05, 4.69) is 61.6 Å². The molecule has 0 amide bonds. The molecule has 4 rings (SSSR count). The normalized spacial score (nSPS) is 18.9. The fourth-order valence-corrected chi connectivity index (χ4v) is 3.87. The molecule has 0 bridgehead atoms. The molecular formula is C25H29NO3. The van der Waals surface area contributed by atoms with Gasteiger partial charge in [0.1, 0.15) is 17.1 Å². The van der Waals surface area contributed by atoms with Gasteiger partial charge in [-0.25, -0.2) is 0 Å². The number of nitrogens with one attached hydrogen (secondary N) is 1. The molecule has 1 fully saturated rings. The molecule has 4 heteroatoms. The van der Waals surface area contributed by atoms with Gasteiger partial charge in [-0.1, -0.05) is 18.2 Å². The van der Waals surface area contributed by atoms with Crippen LogP contribution in [0.4, 0.5) is 5.69 Å². The summed E-state index contributed by atoms with van der Waals surface area (Å²) < 4.78 is 17.8. The third-order valence-corrected chi connectivity index (χ3v) is 5.43. The van der Waals surface area contributed by atoms with E-state index < -0.39 is 0 Å². The van der Waals surface area contributed by atoms with Gasteiger partial charge in [0, 0.05) is 24.7 Å². The predicted molar refractivity (Wildman–Crippen MR) is 119 cm³/mol. The van der Waals surface area contributed by atoms with Gasteiger partial charge in [-0.05, 0) is 80.6 Å². The first-order chi connectivity index (χ1) is 14.0. The van der Waals surface area contributed by atoms with Gasteiger partial charge in [0.25, 0.3) is 0 Å². The lowest BCUT2D eigenvalue weighted by Crippen LogP contribution is -2.36. The zero-order chi connectivity index (χ0) is 20.3. The van der Waals surface area contributed by atoms with Crippen molar-refractivity contribution in [3.8, 4) is 5.75 Å². The van der Waals surface area contributed by atoms with Crippen molar-refractivity contribution in [1.82, 2.24) is 0 Å². The molecule has 0 saturated carbocycles. The Kier molecular flexibility index (Phi) is 5.63. The molecule has 4 nitrogen and oxygen atoms in total. The number of hydrogen-bond donors (Lipinski definition) is 1. The Morgan fingerprint density at radius 2 is 1.93 bits per heavy atom. The van der Waals surface area contributed by atoms with E-state index in [1.54, 1.807) is 0 Å². The zero-order valence-electron chi connectivity index (χ0n) is 17.4. The van der Waals surface area contributed by atoms with E-state index in [1.165, 1.54) is 0 Å². The molecule has 1 aliphatic heterocycles. The molecule has 2 heterocycles. The first-order valence-corrected chi connectivity index (χ1v) is 10.3. The highest BCUT2D eigenvalue weighted by molar-refractivity contribution is 5.83. The second-order valence-corrected chi connectivity index (χ2v) is 8.33. The smallest absolute Gasteiger partial charge is 0.135 e. The van der Waals surface area contributed by atoms with Crippen molar-refractivity contribution < 1.29 is 13.9 Å². The number of hydrogen-bond acceptors (Lipinski definition) is 4. The number of anilines is 1. The first-order valence-electron chi connectivity index (χ1n) is 10.3. The van der Waals surface area contributed by atoms with E-state index in [0.717, 1.165) is 59.8 Å². The predicted octanol–water partition coefficient (Wildman–Crippen LogP) is 6.23. The number of fused-ring (bicyclic) bond motifs is 1. The van der Waals surface area contributed by atoms with Gasteiger partial charge in [0.2, 0.25) is 0 Å². The molecule has 1 unspecified atom stereocenters. The number of ether oxygens (including phenoxy) is 2. The number of benzene rings is 2. The molecule has 1 aliphatic rings. The van der Waals surface area contributed by atoms with Crippen LogP contribution in [0.15, 0.2) is 52.9 Å². The molecule has 2 aromatic carbocycles. The second kappa shape index (κ2) is 8.34. The number of rotatable bonds is 6. The van der Waals surface area contributed by atoms with Crippen LogP contribution in [-0.4, -0.2) is 25.9 Å². The standard InChI is InChI=1S/C25H29NO3/c1-25(2)16-19(12-13-28-25)17-27-22-10-11-24-20(14-22)15-23(29-24)9-6-18-4-7-21(26-3)8-5-18/h4-11,14-15,19,26H,12-13,16-17H2,1-3H3/b9-6+. The topological polar surface area (TPSA) is 43.6 Å². The molecule has 3 aromatic rings. The molecule has 0 spiro atoms. The van der Waals surface area contributed by atoms with E-state index in [0.29, 0.717) is 5.92 Å². The molecule has 0 radical (unpaired) electrons. The van der Waals surface area contributed by atoms with Crippen LogP contribution in [-0.2, 0) is 4.74 Å². The lowest BCUT2D eigenvalue weighted by molar-refractivity contribution is -0.0785. The minimum absolute atomic E-state index is 0.0462. The molecule has 1 N–H and O–H groups in total. The quantitative estimate of drug-likeness (QED) is 0.541. The average Bonchev–Trinajstić information content (AvgIpc) is 3.12. The molecular weight excluding hydrogens is 362 g/mol. The number of furan rings is 1. The van der Waals surface area contributed by atoms with E-state index in [4.69, 9.17) is 13.9 Å². The van der Waals surface area contributed by atoms with Crippen molar-refractivity contribution in [2.75, 3.05) is 25.6 Å². The van der Waals surface area contributed by atoms with Gasteiger partial charge in [-0.3, -0.25) is 0 Å². The third kappa shape index (κ3) is 5.01. The summed E-state index contributed by atoms with van der Waals surface area (Å²) in [5, 5.41) is 4.18.